The maximum atomic E-state index is 13.1. The van der Waals surface area contributed by atoms with Gasteiger partial charge in [0.05, 0.1) is 18.3 Å². The third-order valence-corrected chi connectivity index (χ3v) is 6.44. The molecule has 0 radical (unpaired) electrons. The molecule has 1 aliphatic rings. The number of nitrogens with one attached hydrogen (secondary N) is 1. The van der Waals surface area contributed by atoms with Gasteiger partial charge in [-0.05, 0) is 36.2 Å². The summed E-state index contributed by atoms with van der Waals surface area (Å²) < 4.78 is 40.4. The second-order valence-electron chi connectivity index (χ2n) is 7.48. The number of nitrogens with zero attached hydrogens (tertiary/aromatic N) is 4. The van der Waals surface area contributed by atoms with Crippen molar-refractivity contribution in [3.8, 4) is 0 Å². The number of rotatable bonds is 3. The number of carbonyl (C=O) groups is 2. The normalized spacial score (nSPS) is 13.7. The highest BCUT2D eigenvalue weighted by Gasteiger charge is 2.33. The van der Waals surface area contributed by atoms with Crippen LogP contribution in [0.15, 0.2) is 54.3 Å². The Kier molecular flexibility index (Phi) is 5.12. The van der Waals surface area contributed by atoms with E-state index in [1.54, 1.807) is 27.1 Å². The monoisotopic (exact) mass is 471 g/mol. The van der Waals surface area contributed by atoms with Crippen LogP contribution >= 0.6 is 11.3 Å². The molecule has 0 saturated carbocycles. The number of anilines is 1. The molecule has 168 valence electrons. The van der Waals surface area contributed by atoms with Gasteiger partial charge in [-0.3, -0.25) is 19.0 Å². The van der Waals surface area contributed by atoms with Crippen LogP contribution < -0.4 is 5.32 Å². The van der Waals surface area contributed by atoms with E-state index in [1.165, 1.54) is 17.4 Å². The highest BCUT2D eigenvalue weighted by atomic mass is 32.1. The molecule has 1 N–H and O–H groups in total. The second kappa shape index (κ2) is 8.00. The third kappa shape index (κ3) is 3.95. The summed E-state index contributed by atoms with van der Waals surface area (Å²) in [7, 11) is 0. The Morgan fingerprint density at radius 3 is 2.82 bits per heavy atom. The van der Waals surface area contributed by atoms with E-state index in [2.05, 4.69) is 15.3 Å². The fourth-order valence-electron chi connectivity index (χ4n) is 3.81. The first-order valence-corrected chi connectivity index (χ1v) is 10.8. The van der Waals surface area contributed by atoms with Crippen LogP contribution in [0, 0.1) is 0 Å². The number of alkyl halides is 3. The van der Waals surface area contributed by atoms with E-state index in [9.17, 15) is 22.8 Å². The summed E-state index contributed by atoms with van der Waals surface area (Å²) in [5, 5.41) is 4.19. The number of fused-ring (bicyclic) bond motifs is 2. The first kappa shape index (κ1) is 21.1. The maximum absolute atomic E-state index is 13.1. The van der Waals surface area contributed by atoms with Crippen LogP contribution in [0.25, 0.3) is 5.65 Å². The molecule has 4 aromatic heterocycles. The van der Waals surface area contributed by atoms with Gasteiger partial charge in [-0.25, -0.2) is 4.98 Å². The van der Waals surface area contributed by atoms with E-state index in [0.717, 1.165) is 22.7 Å². The average Bonchev–Trinajstić information content (AvgIpc) is 3.42. The summed E-state index contributed by atoms with van der Waals surface area (Å²) in [6.07, 6.45) is 0.199. The van der Waals surface area contributed by atoms with Gasteiger partial charge in [-0.1, -0.05) is 6.07 Å². The minimum atomic E-state index is -4.60. The Hall–Kier alpha value is -3.73. The van der Waals surface area contributed by atoms with Crippen molar-refractivity contribution in [2.75, 3.05) is 11.9 Å². The minimum absolute atomic E-state index is 0.0162. The molecule has 0 spiro atoms. The van der Waals surface area contributed by atoms with Crippen molar-refractivity contribution in [3.63, 3.8) is 0 Å². The highest BCUT2D eigenvalue weighted by molar-refractivity contribution is 7.10. The van der Waals surface area contributed by atoms with Crippen LogP contribution in [0.4, 0.5) is 18.9 Å². The van der Waals surface area contributed by atoms with Crippen molar-refractivity contribution >= 4 is 34.5 Å². The molecule has 2 amide bonds. The molecular formula is C22H16F3N5O2S. The largest absolute Gasteiger partial charge is 0.433 e. The lowest BCUT2D eigenvalue weighted by Crippen LogP contribution is -2.36. The lowest BCUT2D eigenvalue weighted by molar-refractivity contribution is -0.141. The summed E-state index contributed by atoms with van der Waals surface area (Å²) in [5.74, 6) is -0.649. The fraction of sp³-hybridized carbons (Fsp3) is 0.182. The van der Waals surface area contributed by atoms with Gasteiger partial charge < -0.3 is 10.2 Å². The number of amides is 2. The number of halogens is 3. The standard InChI is InChI=1S/C22H16F3N5O2S/c23-22(24,25)18-9-13(4-6-26-18)28-20(31)15-12-33-17-11-29(8-5-14(15)17)21(32)16-10-27-19-3-1-2-7-30(16)19/h1-4,6-7,9-10,12H,5,8,11H2,(H,26,28,31). The van der Waals surface area contributed by atoms with Crippen LogP contribution in [-0.2, 0) is 19.1 Å². The van der Waals surface area contributed by atoms with Gasteiger partial charge in [0.2, 0.25) is 0 Å². The molecule has 5 rings (SSSR count). The molecule has 0 aromatic carbocycles. The Bertz CT molecular complexity index is 1380. The Balaban J connectivity index is 1.33. The van der Waals surface area contributed by atoms with Crippen LogP contribution in [0.1, 0.15) is 37.0 Å². The van der Waals surface area contributed by atoms with Crippen molar-refractivity contribution in [3.05, 3.63) is 81.7 Å². The van der Waals surface area contributed by atoms with Crippen LogP contribution in [-0.4, -0.2) is 37.6 Å². The minimum Gasteiger partial charge on any atom is -0.332 e. The highest BCUT2D eigenvalue weighted by Crippen LogP contribution is 2.31. The third-order valence-electron chi connectivity index (χ3n) is 5.42. The van der Waals surface area contributed by atoms with E-state index in [4.69, 9.17) is 0 Å². The number of aromatic nitrogens is 3. The van der Waals surface area contributed by atoms with Crippen molar-refractivity contribution in [2.24, 2.45) is 0 Å². The molecule has 1 aliphatic heterocycles. The van der Waals surface area contributed by atoms with E-state index in [0.29, 0.717) is 36.4 Å². The number of thiophene rings is 1. The van der Waals surface area contributed by atoms with E-state index in [-0.39, 0.29) is 11.6 Å². The zero-order chi connectivity index (χ0) is 23.2. The Morgan fingerprint density at radius 2 is 2.00 bits per heavy atom. The first-order valence-electron chi connectivity index (χ1n) is 9.96. The molecule has 0 aliphatic carbocycles. The zero-order valence-electron chi connectivity index (χ0n) is 17.0. The molecule has 0 bridgehead atoms. The smallest absolute Gasteiger partial charge is 0.332 e. The van der Waals surface area contributed by atoms with Crippen molar-refractivity contribution in [2.45, 2.75) is 19.1 Å². The molecule has 0 atom stereocenters. The van der Waals surface area contributed by atoms with Gasteiger partial charge in [-0.2, -0.15) is 13.2 Å². The van der Waals surface area contributed by atoms with Crippen molar-refractivity contribution in [1.29, 1.82) is 0 Å². The van der Waals surface area contributed by atoms with Crippen LogP contribution in [0.3, 0.4) is 0 Å². The molecule has 4 aromatic rings. The number of hydrogen-bond donors (Lipinski definition) is 1. The quantitative estimate of drug-likeness (QED) is 0.484. The summed E-state index contributed by atoms with van der Waals surface area (Å²) in [5.41, 5.74) is 1.30. The van der Waals surface area contributed by atoms with Crippen molar-refractivity contribution in [1.82, 2.24) is 19.3 Å². The second-order valence-corrected chi connectivity index (χ2v) is 8.45. The van der Waals surface area contributed by atoms with Gasteiger partial charge in [0.15, 0.2) is 0 Å². The summed E-state index contributed by atoms with van der Waals surface area (Å²) in [6.45, 7) is 0.760. The Labute approximate surface area is 189 Å². The molecule has 33 heavy (non-hydrogen) atoms. The van der Waals surface area contributed by atoms with Gasteiger partial charge in [0.25, 0.3) is 11.8 Å². The molecule has 7 nitrogen and oxygen atoms in total. The first-order chi connectivity index (χ1) is 15.8. The molecule has 11 heteroatoms. The van der Waals surface area contributed by atoms with Gasteiger partial charge in [0, 0.05) is 34.9 Å². The van der Waals surface area contributed by atoms with Crippen LogP contribution in [0.5, 0.6) is 0 Å². The summed E-state index contributed by atoms with van der Waals surface area (Å²) >= 11 is 1.35. The van der Waals surface area contributed by atoms with E-state index in [1.807, 2.05) is 18.2 Å². The topological polar surface area (TPSA) is 79.6 Å². The van der Waals surface area contributed by atoms with Crippen molar-refractivity contribution < 1.29 is 22.8 Å². The molecule has 0 unspecified atom stereocenters. The molecular weight excluding hydrogens is 455 g/mol. The van der Waals surface area contributed by atoms with Crippen LogP contribution in [0.2, 0.25) is 0 Å². The zero-order valence-corrected chi connectivity index (χ0v) is 17.8. The predicted molar refractivity (Wildman–Crippen MR) is 115 cm³/mol. The predicted octanol–water partition coefficient (Wildman–Crippen LogP) is 4.26. The van der Waals surface area contributed by atoms with E-state index >= 15 is 0 Å². The molecule has 0 saturated heterocycles. The van der Waals surface area contributed by atoms with Gasteiger partial charge in [0.1, 0.15) is 17.0 Å². The van der Waals surface area contributed by atoms with Gasteiger partial charge in [-0.15, -0.1) is 11.3 Å². The number of hydrogen-bond acceptors (Lipinski definition) is 5. The summed E-state index contributed by atoms with van der Waals surface area (Å²) in [4.78, 5) is 36.0. The number of carbonyl (C=O) groups excluding carboxylic acids is 2. The lowest BCUT2D eigenvalue weighted by Gasteiger charge is -2.27. The fourth-order valence-corrected chi connectivity index (χ4v) is 4.90. The summed E-state index contributed by atoms with van der Waals surface area (Å²) in [6, 6.07) is 7.59. The van der Waals surface area contributed by atoms with E-state index < -0.39 is 17.8 Å². The number of pyridine rings is 2. The SMILES string of the molecule is O=C(Nc1ccnc(C(F)(F)F)c1)c1csc2c1CCN(C(=O)c1cnc3ccccn13)C2. The Morgan fingerprint density at radius 1 is 1.15 bits per heavy atom. The molecule has 5 heterocycles. The molecule has 0 fully saturated rings. The number of imidazole rings is 1. The average molecular weight is 471 g/mol. The van der Waals surface area contributed by atoms with Gasteiger partial charge >= 0.3 is 6.18 Å². The maximum Gasteiger partial charge on any atom is 0.433 e. The lowest BCUT2D eigenvalue weighted by atomic mass is 10.0.